The van der Waals surface area contributed by atoms with Crippen molar-refractivity contribution < 1.29 is 0 Å². The molecule has 3 aromatic rings. The maximum absolute atomic E-state index is 11.7. The third kappa shape index (κ3) is 2.25. The van der Waals surface area contributed by atoms with Crippen molar-refractivity contribution in [3.8, 4) is 0 Å². The van der Waals surface area contributed by atoms with Gasteiger partial charge in [0.1, 0.15) is 0 Å². The van der Waals surface area contributed by atoms with Gasteiger partial charge in [-0.05, 0) is 23.8 Å². The van der Waals surface area contributed by atoms with Gasteiger partial charge in [0, 0.05) is 10.4 Å². The monoisotopic (exact) mass is 270 g/mol. The quantitative estimate of drug-likeness (QED) is 0.717. The Labute approximate surface area is 115 Å². The summed E-state index contributed by atoms with van der Waals surface area (Å²) < 4.78 is 1.79. The van der Waals surface area contributed by atoms with Crippen LogP contribution in [0.25, 0.3) is 10.9 Å². The fraction of sp³-hybridized carbons (Fsp3) is 0.0667. The average molecular weight is 271 g/mol. The minimum absolute atomic E-state index is 0.0639. The summed E-state index contributed by atoms with van der Waals surface area (Å²) in [6.07, 6.45) is 1.35. The van der Waals surface area contributed by atoms with E-state index in [0.29, 0.717) is 17.0 Å². The number of para-hydroxylation sites is 1. The van der Waals surface area contributed by atoms with Crippen molar-refractivity contribution in [3.63, 3.8) is 0 Å². The van der Waals surface area contributed by atoms with E-state index < -0.39 is 0 Å². The van der Waals surface area contributed by atoms with Crippen molar-refractivity contribution in [3.05, 3.63) is 75.5 Å². The van der Waals surface area contributed by atoms with Crippen LogP contribution in [-0.2, 0) is 6.54 Å². The standard InChI is InChI=1S/C15H11ClN2O/c16-13-7-3-1-5-11(13)10-18-14-8-4-2-6-12(14)15(19)9-17-18/h1-9H,10H2. The average Bonchev–Trinajstić information content (AvgIpc) is 2.44. The third-order valence-electron chi connectivity index (χ3n) is 3.04. The molecule has 1 heterocycles. The number of fused-ring (bicyclic) bond motifs is 1. The number of benzene rings is 2. The molecule has 0 unspecified atom stereocenters. The first-order valence-corrected chi connectivity index (χ1v) is 6.32. The predicted molar refractivity (Wildman–Crippen MR) is 76.6 cm³/mol. The summed E-state index contributed by atoms with van der Waals surface area (Å²) in [5.74, 6) is 0. The molecule has 0 atom stereocenters. The smallest absolute Gasteiger partial charge is 0.207 e. The summed E-state index contributed by atoms with van der Waals surface area (Å²) in [7, 11) is 0. The van der Waals surface area contributed by atoms with E-state index in [-0.39, 0.29) is 5.43 Å². The summed E-state index contributed by atoms with van der Waals surface area (Å²) in [4.78, 5) is 11.7. The first-order chi connectivity index (χ1) is 9.25. The highest BCUT2D eigenvalue weighted by molar-refractivity contribution is 6.31. The molecule has 0 amide bonds. The van der Waals surface area contributed by atoms with Gasteiger partial charge in [-0.25, -0.2) is 0 Å². The Balaban J connectivity index is 2.14. The Morgan fingerprint density at radius 3 is 2.63 bits per heavy atom. The van der Waals surface area contributed by atoms with Gasteiger partial charge in [0.25, 0.3) is 0 Å². The molecular weight excluding hydrogens is 260 g/mol. The molecule has 0 fully saturated rings. The lowest BCUT2D eigenvalue weighted by molar-refractivity contribution is 0.695. The highest BCUT2D eigenvalue weighted by atomic mass is 35.5. The van der Waals surface area contributed by atoms with E-state index >= 15 is 0 Å². The largest absolute Gasteiger partial charge is 0.287 e. The van der Waals surface area contributed by atoms with Gasteiger partial charge in [0.15, 0.2) is 0 Å². The Morgan fingerprint density at radius 1 is 1.05 bits per heavy atom. The van der Waals surface area contributed by atoms with E-state index in [1.165, 1.54) is 6.20 Å². The number of hydrogen-bond acceptors (Lipinski definition) is 2. The van der Waals surface area contributed by atoms with Crippen molar-refractivity contribution in [2.24, 2.45) is 0 Å². The summed E-state index contributed by atoms with van der Waals surface area (Å²) in [5, 5.41) is 5.56. The lowest BCUT2D eigenvalue weighted by atomic mass is 10.2. The molecule has 3 nitrogen and oxygen atoms in total. The molecule has 3 rings (SSSR count). The zero-order valence-corrected chi connectivity index (χ0v) is 10.8. The van der Waals surface area contributed by atoms with Gasteiger partial charge >= 0.3 is 0 Å². The first-order valence-electron chi connectivity index (χ1n) is 5.94. The van der Waals surface area contributed by atoms with Crippen LogP contribution in [0, 0.1) is 0 Å². The topological polar surface area (TPSA) is 34.9 Å². The van der Waals surface area contributed by atoms with Crippen molar-refractivity contribution in [1.82, 2.24) is 9.78 Å². The number of aromatic nitrogens is 2. The van der Waals surface area contributed by atoms with Crippen LogP contribution >= 0.6 is 11.6 Å². The second kappa shape index (κ2) is 4.86. The van der Waals surface area contributed by atoms with Crippen LogP contribution in [0.15, 0.2) is 59.5 Å². The molecule has 2 aromatic carbocycles. The molecular formula is C15H11ClN2O. The van der Waals surface area contributed by atoms with E-state index in [1.807, 2.05) is 48.5 Å². The van der Waals surface area contributed by atoms with E-state index in [0.717, 1.165) is 11.1 Å². The molecule has 0 N–H and O–H groups in total. The number of rotatable bonds is 2. The lowest BCUT2D eigenvalue weighted by Gasteiger charge is -2.10. The van der Waals surface area contributed by atoms with E-state index in [9.17, 15) is 4.79 Å². The van der Waals surface area contributed by atoms with Gasteiger partial charge < -0.3 is 0 Å². The van der Waals surface area contributed by atoms with Gasteiger partial charge in [-0.2, -0.15) is 5.10 Å². The summed E-state index contributed by atoms with van der Waals surface area (Å²) >= 11 is 6.15. The highest BCUT2D eigenvalue weighted by Gasteiger charge is 2.05. The molecule has 1 aromatic heterocycles. The Kier molecular flexibility index (Phi) is 3.05. The van der Waals surface area contributed by atoms with Crippen molar-refractivity contribution >= 4 is 22.5 Å². The second-order valence-corrected chi connectivity index (χ2v) is 4.68. The Hall–Kier alpha value is -2.13. The summed E-state index contributed by atoms with van der Waals surface area (Å²) in [6, 6.07) is 15.1. The van der Waals surface area contributed by atoms with Crippen molar-refractivity contribution in [2.45, 2.75) is 6.54 Å². The van der Waals surface area contributed by atoms with Gasteiger partial charge in [0.2, 0.25) is 5.43 Å². The minimum Gasteiger partial charge on any atom is -0.287 e. The second-order valence-electron chi connectivity index (χ2n) is 4.28. The van der Waals surface area contributed by atoms with Crippen LogP contribution in [0.2, 0.25) is 5.02 Å². The molecule has 0 aliphatic heterocycles. The molecule has 0 spiro atoms. The first kappa shape index (κ1) is 11.9. The molecule has 0 radical (unpaired) electrons. The normalized spacial score (nSPS) is 10.8. The minimum atomic E-state index is -0.0639. The van der Waals surface area contributed by atoms with Crippen molar-refractivity contribution in [2.75, 3.05) is 0 Å². The SMILES string of the molecule is O=c1cnn(Cc2ccccc2Cl)c2ccccc12. The Morgan fingerprint density at radius 2 is 1.79 bits per heavy atom. The predicted octanol–water partition coefficient (Wildman–Crippen LogP) is 3.10. The van der Waals surface area contributed by atoms with Gasteiger partial charge in [-0.1, -0.05) is 41.9 Å². The maximum atomic E-state index is 11.7. The van der Waals surface area contributed by atoms with Gasteiger partial charge in [-0.3, -0.25) is 9.48 Å². The fourth-order valence-electron chi connectivity index (χ4n) is 2.07. The molecule has 0 saturated heterocycles. The van der Waals surface area contributed by atoms with E-state index in [1.54, 1.807) is 4.68 Å². The maximum Gasteiger partial charge on any atom is 0.207 e. The van der Waals surface area contributed by atoms with Crippen molar-refractivity contribution in [1.29, 1.82) is 0 Å². The molecule has 19 heavy (non-hydrogen) atoms. The molecule has 4 heteroatoms. The molecule has 0 aliphatic rings. The van der Waals surface area contributed by atoms with Gasteiger partial charge in [-0.15, -0.1) is 0 Å². The van der Waals surface area contributed by atoms with Crippen LogP contribution in [0.3, 0.4) is 0 Å². The zero-order valence-electron chi connectivity index (χ0n) is 10.1. The number of hydrogen-bond donors (Lipinski definition) is 0. The number of halogens is 1. The van der Waals surface area contributed by atoms with E-state index in [4.69, 9.17) is 11.6 Å². The third-order valence-corrected chi connectivity index (χ3v) is 3.41. The van der Waals surface area contributed by atoms with Crippen LogP contribution in [0.4, 0.5) is 0 Å². The Bertz CT molecular complexity index is 795. The molecule has 0 bridgehead atoms. The molecule has 0 aliphatic carbocycles. The van der Waals surface area contributed by atoms with Gasteiger partial charge in [0.05, 0.1) is 18.3 Å². The van der Waals surface area contributed by atoms with E-state index in [2.05, 4.69) is 5.10 Å². The lowest BCUT2D eigenvalue weighted by Crippen LogP contribution is -2.13. The van der Waals surface area contributed by atoms with Crippen LogP contribution in [0.5, 0.6) is 0 Å². The highest BCUT2D eigenvalue weighted by Crippen LogP contribution is 2.17. The number of nitrogens with zero attached hydrogens (tertiary/aromatic N) is 2. The van der Waals surface area contributed by atoms with Crippen LogP contribution in [-0.4, -0.2) is 9.78 Å². The molecule has 0 saturated carbocycles. The molecule has 94 valence electrons. The zero-order chi connectivity index (χ0) is 13.2. The summed E-state index contributed by atoms with van der Waals surface area (Å²) in [6.45, 7) is 0.542. The van der Waals surface area contributed by atoms with Crippen LogP contribution in [0.1, 0.15) is 5.56 Å². The van der Waals surface area contributed by atoms with Crippen LogP contribution < -0.4 is 5.43 Å². The fourth-order valence-corrected chi connectivity index (χ4v) is 2.27. The summed E-state index contributed by atoms with van der Waals surface area (Å²) in [5.41, 5.74) is 1.73.